The van der Waals surface area contributed by atoms with Crippen LogP contribution >= 0.6 is 0 Å². The van der Waals surface area contributed by atoms with Gasteiger partial charge >= 0.3 is 0 Å². The normalized spacial score (nSPS) is 34.0. The first-order valence-corrected chi connectivity index (χ1v) is 6.18. The molecular weight excluding hydrogens is 236 g/mol. The van der Waals surface area contributed by atoms with E-state index in [2.05, 4.69) is 15.0 Å². The van der Waals surface area contributed by atoms with E-state index >= 15 is 0 Å². The van der Waals surface area contributed by atoms with E-state index < -0.39 is 5.54 Å². The monoisotopic (exact) mass is 254 g/mol. The van der Waals surface area contributed by atoms with Crippen LogP contribution in [0.2, 0.25) is 0 Å². The van der Waals surface area contributed by atoms with Crippen LogP contribution < -0.4 is 5.73 Å². The van der Waals surface area contributed by atoms with Gasteiger partial charge in [0.1, 0.15) is 11.6 Å². The first-order chi connectivity index (χ1) is 8.67. The lowest BCUT2D eigenvalue weighted by atomic mass is 10.0. The van der Waals surface area contributed by atoms with Crippen molar-refractivity contribution in [3.05, 3.63) is 11.7 Å². The van der Waals surface area contributed by atoms with Crippen molar-refractivity contribution in [2.24, 2.45) is 5.73 Å². The van der Waals surface area contributed by atoms with Gasteiger partial charge in [0.2, 0.25) is 11.7 Å². The highest BCUT2D eigenvalue weighted by Gasteiger charge is 2.39. The minimum atomic E-state index is -0.633. The van der Waals surface area contributed by atoms with Crippen molar-refractivity contribution < 1.29 is 14.0 Å². The highest BCUT2D eigenvalue weighted by atomic mass is 16.5. The Morgan fingerprint density at radius 1 is 1.44 bits per heavy atom. The molecule has 3 heterocycles. The Morgan fingerprint density at radius 2 is 2.33 bits per heavy atom. The van der Waals surface area contributed by atoms with Crippen molar-refractivity contribution >= 4 is 0 Å². The predicted octanol–water partition coefficient (Wildman–Crippen LogP) is -0.353. The SMILES string of the molecule is CN1CCOC(c2noc(C3(N)CCOC3)n2)C1. The molecule has 0 aliphatic carbocycles. The zero-order valence-corrected chi connectivity index (χ0v) is 10.5. The Hall–Kier alpha value is -1.02. The summed E-state index contributed by atoms with van der Waals surface area (Å²) in [5.74, 6) is 1.03. The summed E-state index contributed by atoms with van der Waals surface area (Å²) >= 11 is 0. The molecule has 1 aromatic rings. The van der Waals surface area contributed by atoms with Gasteiger partial charge in [-0.15, -0.1) is 0 Å². The van der Waals surface area contributed by atoms with Crippen molar-refractivity contribution in [1.82, 2.24) is 15.0 Å². The largest absolute Gasteiger partial charge is 0.379 e. The second-order valence-corrected chi connectivity index (χ2v) is 5.04. The predicted molar refractivity (Wildman–Crippen MR) is 61.8 cm³/mol. The van der Waals surface area contributed by atoms with E-state index in [-0.39, 0.29) is 6.10 Å². The number of hydrogen-bond acceptors (Lipinski definition) is 7. The average molecular weight is 254 g/mol. The number of likely N-dealkylation sites (N-methyl/N-ethyl adjacent to an activating group) is 1. The number of morpholine rings is 1. The van der Waals surface area contributed by atoms with Crippen molar-refractivity contribution in [2.45, 2.75) is 18.1 Å². The lowest BCUT2D eigenvalue weighted by Crippen LogP contribution is -2.38. The molecule has 2 atom stereocenters. The molecule has 2 aliphatic rings. The summed E-state index contributed by atoms with van der Waals surface area (Å²) < 4.78 is 16.2. The summed E-state index contributed by atoms with van der Waals surface area (Å²) in [6.45, 7) is 3.45. The fourth-order valence-corrected chi connectivity index (χ4v) is 2.25. The van der Waals surface area contributed by atoms with Crippen LogP contribution in [0.1, 0.15) is 24.2 Å². The molecule has 0 bridgehead atoms. The van der Waals surface area contributed by atoms with Crippen molar-refractivity contribution in [3.8, 4) is 0 Å². The molecule has 7 nitrogen and oxygen atoms in total. The minimum Gasteiger partial charge on any atom is -0.379 e. The van der Waals surface area contributed by atoms with E-state index in [1.807, 2.05) is 7.05 Å². The number of hydrogen-bond donors (Lipinski definition) is 1. The third kappa shape index (κ3) is 2.14. The Bertz CT molecular complexity index is 416. The Balaban J connectivity index is 1.76. The highest BCUT2D eigenvalue weighted by Crippen LogP contribution is 2.28. The Kier molecular flexibility index (Phi) is 3.06. The molecule has 100 valence electrons. The van der Waals surface area contributed by atoms with E-state index in [0.717, 1.165) is 13.1 Å². The van der Waals surface area contributed by atoms with Crippen LogP contribution in [0.5, 0.6) is 0 Å². The maximum atomic E-state index is 6.18. The molecule has 0 amide bonds. The van der Waals surface area contributed by atoms with E-state index in [1.165, 1.54) is 0 Å². The molecular formula is C11H18N4O3. The van der Waals surface area contributed by atoms with Gasteiger partial charge in [0.25, 0.3) is 0 Å². The fourth-order valence-electron chi connectivity index (χ4n) is 2.25. The van der Waals surface area contributed by atoms with E-state index in [0.29, 0.717) is 38.0 Å². The second kappa shape index (κ2) is 4.58. The second-order valence-electron chi connectivity index (χ2n) is 5.04. The molecule has 2 unspecified atom stereocenters. The third-order valence-corrected chi connectivity index (χ3v) is 3.48. The van der Waals surface area contributed by atoms with Crippen LogP contribution in [0, 0.1) is 0 Å². The summed E-state index contributed by atoms with van der Waals surface area (Å²) in [5.41, 5.74) is 5.54. The maximum Gasteiger partial charge on any atom is 0.249 e. The van der Waals surface area contributed by atoms with Crippen LogP contribution in [-0.2, 0) is 15.0 Å². The summed E-state index contributed by atoms with van der Waals surface area (Å²) in [7, 11) is 2.05. The van der Waals surface area contributed by atoms with Gasteiger partial charge in [-0.2, -0.15) is 4.98 Å². The van der Waals surface area contributed by atoms with E-state index in [1.54, 1.807) is 0 Å². The first-order valence-electron chi connectivity index (χ1n) is 6.18. The molecule has 2 aliphatic heterocycles. The highest BCUT2D eigenvalue weighted by molar-refractivity contribution is 5.06. The van der Waals surface area contributed by atoms with Crippen LogP contribution in [0.25, 0.3) is 0 Å². The number of nitrogens with two attached hydrogens (primary N) is 1. The molecule has 2 N–H and O–H groups in total. The first kappa shape index (κ1) is 12.0. The van der Waals surface area contributed by atoms with Crippen LogP contribution in [0.4, 0.5) is 0 Å². The maximum absolute atomic E-state index is 6.18. The number of aromatic nitrogens is 2. The standard InChI is InChI=1S/C11H18N4O3/c1-15-3-5-17-8(6-15)9-13-10(18-14-9)11(12)2-4-16-7-11/h8H,2-7,12H2,1H3. The van der Waals surface area contributed by atoms with E-state index in [4.69, 9.17) is 19.7 Å². The third-order valence-electron chi connectivity index (χ3n) is 3.48. The van der Waals surface area contributed by atoms with Crippen molar-refractivity contribution in [3.63, 3.8) is 0 Å². The molecule has 1 aromatic heterocycles. The van der Waals surface area contributed by atoms with Gasteiger partial charge in [-0.25, -0.2) is 0 Å². The lowest BCUT2D eigenvalue weighted by Gasteiger charge is -2.27. The van der Waals surface area contributed by atoms with Gasteiger partial charge in [0.05, 0.1) is 13.2 Å². The van der Waals surface area contributed by atoms with Crippen molar-refractivity contribution in [2.75, 3.05) is 40.0 Å². The number of rotatable bonds is 2. The van der Waals surface area contributed by atoms with Crippen molar-refractivity contribution in [1.29, 1.82) is 0 Å². The fraction of sp³-hybridized carbons (Fsp3) is 0.818. The van der Waals surface area contributed by atoms with Crippen LogP contribution in [0.3, 0.4) is 0 Å². The quantitative estimate of drug-likeness (QED) is 0.771. The van der Waals surface area contributed by atoms with Gasteiger partial charge in [0.15, 0.2) is 0 Å². The summed E-state index contributed by atoms with van der Waals surface area (Å²) in [6.07, 6.45) is 0.576. The number of nitrogens with zero attached hydrogens (tertiary/aromatic N) is 3. The topological polar surface area (TPSA) is 86.6 Å². The summed E-state index contributed by atoms with van der Waals surface area (Å²) in [6, 6.07) is 0. The molecule has 0 saturated carbocycles. The lowest BCUT2D eigenvalue weighted by molar-refractivity contribution is -0.0264. The molecule has 18 heavy (non-hydrogen) atoms. The molecule has 0 radical (unpaired) electrons. The Morgan fingerprint density at radius 3 is 3.06 bits per heavy atom. The summed E-state index contributed by atoms with van der Waals surface area (Å²) in [5, 5.41) is 3.99. The Labute approximate surface area is 105 Å². The molecule has 0 aromatic carbocycles. The molecule has 2 fully saturated rings. The smallest absolute Gasteiger partial charge is 0.249 e. The zero-order chi connectivity index (χ0) is 12.6. The van der Waals surface area contributed by atoms with Crippen LogP contribution in [-0.4, -0.2) is 55.0 Å². The van der Waals surface area contributed by atoms with Gasteiger partial charge in [-0.05, 0) is 13.5 Å². The van der Waals surface area contributed by atoms with Gasteiger partial charge in [0, 0.05) is 19.7 Å². The molecule has 2 saturated heterocycles. The van der Waals surface area contributed by atoms with Gasteiger partial charge in [-0.3, -0.25) is 0 Å². The van der Waals surface area contributed by atoms with Gasteiger partial charge < -0.3 is 24.6 Å². The van der Waals surface area contributed by atoms with E-state index in [9.17, 15) is 0 Å². The molecule has 3 rings (SSSR count). The molecule has 0 spiro atoms. The number of ether oxygens (including phenoxy) is 2. The van der Waals surface area contributed by atoms with Crippen LogP contribution in [0.15, 0.2) is 4.52 Å². The summed E-state index contributed by atoms with van der Waals surface area (Å²) in [4.78, 5) is 6.57. The zero-order valence-electron chi connectivity index (χ0n) is 10.5. The van der Waals surface area contributed by atoms with Gasteiger partial charge in [-0.1, -0.05) is 5.16 Å². The average Bonchev–Trinajstić information content (AvgIpc) is 2.98. The minimum absolute atomic E-state index is 0.132. The molecule has 7 heteroatoms.